The van der Waals surface area contributed by atoms with E-state index in [4.69, 9.17) is 0 Å². The minimum atomic E-state index is -0.192. The quantitative estimate of drug-likeness (QED) is 0.445. The minimum Gasteiger partial charge on any atom is -0.361 e. The van der Waals surface area contributed by atoms with Crippen molar-refractivity contribution in [3.63, 3.8) is 0 Å². The Morgan fingerprint density at radius 3 is 2.96 bits per heavy atom. The number of para-hydroxylation sites is 3. The molecule has 0 saturated carbocycles. The van der Waals surface area contributed by atoms with Gasteiger partial charge in [0.2, 0.25) is 0 Å². The van der Waals surface area contributed by atoms with E-state index in [9.17, 15) is 4.79 Å². The monoisotopic (exact) mass is 331 g/mol. The summed E-state index contributed by atoms with van der Waals surface area (Å²) in [6.07, 6.45) is 3.52. The van der Waals surface area contributed by atoms with Crippen LogP contribution in [0.15, 0.2) is 59.8 Å². The molecule has 2 N–H and O–H groups in total. The number of rotatable bonds is 4. The Hall–Kier alpha value is -3.41. The van der Waals surface area contributed by atoms with E-state index in [1.807, 2.05) is 66.2 Å². The first-order valence-electron chi connectivity index (χ1n) is 8.02. The molecule has 0 aliphatic heterocycles. The first-order valence-corrected chi connectivity index (χ1v) is 8.02. The molecule has 4 rings (SSSR count). The van der Waals surface area contributed by atoms with Gasteiger partial charge >= 0.3 is 0 Å². The molecule has 0 fully saturated rings. The minimum absolute atomic E-state index is 0.178. The fourth-order valence-corrected chi connectivity index (χ4v) is 2.95. The van der Waals surface area contributed by atoms with Crippen molar-refractivity contribution in [3.8, 4) is 0 Å². The number of carbonyl (C=O) groups excluding carboxylic acids is 1. The van der Waals surface area contributed by atoms with E-state index in [0.29, 0.717) is 0 Å². The van der Waals surface area contributed by atoms with Crippen LogP contribution in [-0.2, 0) is 11.3 Å². The molecule has 6 nitrogen and oxygen atoms in total. The molecule has 0 atom stereocenters. The molecule has 1 amide bonds. The topological polar surface area (TPSA) is 75.1 Å². The van der Waals surface area contributed by atoms with Crippen LogP contribution < -0.4 is 5.43 Å². The Morgan fingerprint density at radius 2 is 2.04 bits per heavy atom. The lowest BCUT2D eigenvalue weighted by Crippen LogP contribution is -2.23. The fourth-order valence-electron chi connectivity index (χ4n) is 2.95. The van der Waals surface area contributed by atoms with Crippen LogP contribution in [0.5, 0.6) is 0 Å². The number of imidazole rings is 1. The zero-order valence-electron chi connectivity index (χ0n) is 13.7. The number of nitrogens with one attached hydrogen (secondary N) is 2. The van der Waals surface area contributed by atoms with Crippen LogP contribution in [0.2, 0.25) is 0 Å². The number of benzene rings is 2. The number of amides is 1. The predicted molar refractivity (Wildman–Crippen MR) is 98.5 cm³/mol. The van der Waals surface area contributed by atoms with E-state index in [1.54, 1.807) is 6.21 Å². The first kappa shape index (κ1) is 15.1. The molecule has 124 valence electrons. The van der Waals surface area contributed by atoms with Crippen LogP contribution >= 0.6 is 0 Å². The Labute approximate surface area is 144 Å². The van der Waals surface area contributed by atoms with E-state index >= 15 is 0 Å². The van der Waals surface area contributed by atoms with Crippen molar-refractivity contribution in [2.24, 2.45) is 5.10 Å². The summed E-state index contributed by atoms with van der Waals surface area (Å²) in [5.41, 5.74) is 6.38. The third-order valence-electron chi connectivity index (χ3n) is 4.16. The summed E-state index contributed by atoms with van der Waals surface area (Å²) in [5, 5.41) is 5.14. The van der Waals surface area contributed by atoms with Crippen LogP contribution in [0, 0.1) is 6.92 Å². The van der Waals surface area contributed by atoms with Crippen molar-refractivity contribution in [3.05, 3.63) is 66.1 Å². The highest BCUT2D eigenvalue weighted by Gasteiger charge is 2.10. The van der Waals surface area contributed by atoms with Gasteiger partial charge in [-0.15, -0.1) is 0 Å². The standard InChI is InChI=1S/C19H17N5O/c1-13-22-17-8-4-5-9-18(17)24(13)12-19(25)23-21-11-14-10-20-16-7-3-2-6-15(14)16/h2-11,20H,12H2,1H3,(H,23,25). The van der Waals surface area contributed by atoms with E-state index in [2.05, 4.69) is 20.5 Å². The summed E-state index contributed by atoms with van der Waals surface area (Å²) in [6.45, 7) is 2.07. The number of carbonyl (C=O) groups is 1. The molecule has 0 bridgehead atoms. The van der Waals surface area contributed by atoms with Crippen molar-refractivity contribution in [1.82, 2.24) is 20.0 Å². The number of nitrogens with zero attached hydrogens (tertiary/aromatic N) is 3. The van der Waals surface area contributed by atoms with Crippen LogP contribution in [0.4, 0.5) is 0 Å². The Kier molecular flexibility index (Phi) is 3.78. The number of H-pyrrole nitrogens is 1. The van der Waals surface area contributed by atoms with Gasteiger partial charge in [0.1, 0.15) is 12.4 Å². The van der Waals surface area contributed by atoms with Gasteiger partial charge in [-0.05, 0) is 25.1 Å². The molecule has 0 unspecified atom stereocenters. The third-order valence-corrected chi connectivity index (χ3v) is 4.16. The molecule has 0 radical (unpaired) electrons. The lowest BCUT2D eigenvalue weighted by atomic mass is 10.2. The van der Waals surface area contributed by atoms with Crippen LogP contribution in [0.3, 0.4) is 0 Å². The molecule has 0 aliphatic carbocycles. The van der Waals surface area contributed by atoms with Gasteiger partial charge in [0.25, 0.3) is 5.91 Å². The maximum absolute atomic E-state index is 12.2. The average molecular weight is 331 g/mol. The van der Waals surface area contributed by atoms with Gasteiger partial charge in [0.15, 0.2) is 0 Å². The fraction of sp³-hybridized carbons (Fsp3) is 0.105. The number of aryl methyl sites for hydroxylation is 1. The highest BCUT2D eigenvalue weighted by Crippen LogP contribution is 2.16. The molecule has 0 saturated heterocycles. The number of hydrazone groups is 1. The second-order valence-corrected chi connectivity index (χ2v) is 5.82. The summed E-state index contributed by atoms with van der Waals surface area (Å²) in [6, 6.07) is 15.7. The van der Waals surface area contributed by atoms with Gasteiger partial charge in [0.05, 0.1) is 17.2 Å². The van der Waals surface area contributed by atoms with Crippen molar-refractivity contribution in [2.75, 3.05) is 0 Å². The number of hydrogen-bond donors (Lipinski definition) is 2. The summed E-state index contributed by atoms with van der Waals surface area (Å²) in [7, 11) is 0. The third kappa shape index (κ3) is 2.89. The van der Waals surface area contributed by atoms with Gasteiger partial charge in [-0.25, -0.2) is 10.4 Å². The van der Waals surface area contributed by atoms with Crippen LogP contribution in [0.1, 0.15) is 11.4 Å². The SMILES string of the molecule is Cc1nc2ccccc2n1CC(=O)NN=Cc1c[nH]c2ccccc12. The van der Waals surface area contributed by atoms with Crippen molar-refractivity contribution in [1.29, 1.82) is 0 Å². The maximum atomic E-state index is 12.2. The summed E-state index contributed by atoms with van der Waals surface area (Å²) < 4.78 is 1.88. The second-order valence-electron chi connectivity index (χ2n) is 5.82. The van der Waals surface area contributed by atoms with Gasteiger partial charge in [-0.3, -0.25) is 4.79 Å². The Morgan fingerprint density at radius 1 is 1.24 bits per heavy atom. The molecule has 4 aromatic rings. The van der Waals surface area contributed by atoms with E-state index in [1.165, 1.54) is 0 Å². The number of fused-ring (bicyclic) bond motifs is 2. The molecule has 2 aromatic heterocycles. The van der Waals surface area contributed by atoms with Crippen molar-refractivity contribution < 1.29 is 4.79 Å². The van der Waals surface area contributed by atoms with Gasteiger partial charge in [-0.2, -0.15) is 5.10 Å². The highest BCUT2D eigenvalue weighted by atomic mass is 16.2. The number of hydrogen-bond acceptors (Lipinski definition) is 3. The molecule has 6 heteroatoms. The normalized spacial score (nSPS) is 11.6. The van der Waals surface area contributed by atoms with Crippen LogP contribution in [0.25, 0.3) is 21.9 Å². The maximum Gasteiger partial charge on any atom is 0.260 e. The van der Waals surface area contributed by atoms with E-state index < -0.39 is 0 Å². The van der Waals surface area contributed by atoms with E-state index in [-0.39, 0.29) is 12.5 Å². The van der Waals surface area contributed by atoms with Crippen molar-refractivity contribution >= 4 is 34.1 Å². The Bertz CT molecular complexity index is 1090. The van der Waals surface area contributed by atoms with Gasteiger partial charge < -0.3 is 9.55 Å². The van der Waals surface area contributed by atoms with Crippen molar-refractivity contribution in [2.45, 2.75) is 13.5 Å². The Balaban J connectivity index is 1.48. The zero-order chi connectivity index (χ0) is 17.2. The van der Waals surface area contributed by atoms with Gasteiger partial charge in [-0.1, -0.05) is 30.3 Å². The van der Waals surface area contributed by atoms with Crippen LogP contribution in [-0.4, -0.2) is 26.7 Å². The molecule has 2 aromatic carbocycles. The smallest absolute Gasteiger partial charge is 0.260 e. The molecule has 0 aliphatic rings. The molecule has 25 heavy (non-hydrogen) atoms. The zero-order valence-corrected chi connectivity index (χ0v) is 13.7. The number of aromatic nitrogens is 3. The van der Waals surface area contributed by atoms with Gasteiger partial charge in [0, 0.05) is 22.7 Å². The first-order chi connectivity index (χ1) is 12.2. The highest BCUT2D eigenvalue weighted by molar-refractivity contribution is 5.99. The van der Waals surface area contributed by atoms with E-state index in [0.717, 1.165) is 33.3 Å². The lowest BCUT2D eigenvalue weighted by Gasteiger charge is -2.05. The summed E-state index contributed by atoms with van der Waals surface area (Å²) >= 11 is 0. The average Bonchev–Trinajstić information content (AvgIpc) is 3.17. The molecule has 2 heterocycles. The summed E-state index contributed by atoms with van der Waals surface area (Å²) in [5.74, 6) is 0.610. The lowest BCUT2D eigenvalue weighted by molar-refractivity contribution is -0.121. The number of aromatic amines is 1. The second kappa shape index (κ2) is 6.24. The largest absolute Gasteiger partial charge is 0.361 e. The molecular formula is C19H17N5O. The summed E-state index contributed by atoms with van der Waals surface area (Å²) in [4.78, 5) is 19.9. The predicted octanol–water partition coefficient (Wildman–Crippen LogP) is 2.98. The molecular weight excluding hydrogens is 314 g/mol. The molecule has 0 spiro atoms.